The normalized spacial score (nSPS) is 17.0. The molecule has 248 valence electrons. The van der Waals surface area contributed by atoms with Crippen molar-refractivity contribution in [3.05, 3.63) is 106 Å². The number of carbonyl (C=O) groups excluding carboxylic acids is 2. The Bertz CT molecular complexity index is 1900. The molecule has 1 saturated heterocycles. The smallest absolute Gasteiger partial charge is 0.337 e. The summed E-state index contributed by atoms with van der Waals surface area (Å²) in [6, 6.07) is 16.3. The molecule has 0 bridgehead atoms. The number of aromatic nitrogens is 1. The molecule has 48 heavy (non-hydrogen) atoms. The first kappa shape index (κ1) is 33.9. The molecule has 10 nitrogen and oxygen atoms in total. The summed E-state index contributed by atoms with van der Waals surface area (Å²) in [6.45, 7) is 2.28. The molecule has 1 fully saturated rings. The molecule has 3 aromatic carbocycles. The minimum Gasteiger partial charge on any atom is -0.473 e. The zero-order valence-electron chi connectivity index (χ0n) is 26.2. The molecule has 2 atom stereocenters. The number of hydrogen-bond donors (Lipinski definition) is 2. The van der Waals surface area contributed by atoms with Crippen molar-refractivity contribution in [2.45, 2.75) is 31.6 Å². The summed E-state index contributed by atoms with van der Waals surface area (Å²) < 4.78 is 66.4. The maximum Gasteiger partial charge on any atom is 0.337 e. The number of nitrogens with one attached hydrogen (secondary N) is 2. The molecule has 1 aliphatic heterocycles. The number of halogens is 3. The Balaban J connectivity index is 1.31. The molecule has 0 saturated carbocycles. The number of nitrogens with zero attached hydrogens (tertiary/aromatic N) is 2. The van der Waals surface area contributed by atoms with Crippen molar-refractivity contribution in [3.8, 4) is 23.2 Å². The van der Waals surface area contributed by atoms with E-state index >= 15 is 8.78 Å². The number of methoxy groups -OCH3 is 2. The van der Waals surface area contributed by atoms with Gasteiger partial charge in [0.15, 0.2) is 0 Å². The number of carbonyl (C=O) groups is 2. The maximum atomic E-state index is 15.3. The minimum absolute atomic E-state index is 0.0390. The van der Waals surface area contributed by atoms with Crippen LogP contribution < -0.4 is 15.4 Å². The van der Waals surface area contributed by atoms with Crippen LogP contribution >= 0.6 is 0 Å². The lowest BCUT2D eigenvalue weighted by Crippen LogP contribution is -2.45. The van der Waals surface area contributed by atoms with E-state index in [0.717, 1.165) is 18.2 Å². The predicted molar refractivity (Wildman–Crippen MR) is 169 cm³/mol. The van der Waals surface area contributed by atoms with Crippen molar-refractivity contribution < 1.29 is 41.7 Å². The van der Waals surface area contributed by atoms with Gasteiger partial charge in [0.25, 0.3) is 0 Å². The number of hydrogen-bond acceptors (Lipinski definition) is 9. The van der Waals surface area contributed by atoms with Gasteiger partial charge in [-0.05, 0) is 55.5 Å². The number of anilines is 2. The Morgan fingerprint density at radius 2 is 1.79 bits per heavy atom. The van der Waals surface area contributed by atoms with E-state index < -0.39 is 41.4 Å². The van der Waals surface area contributed by atoms with Crippen LogP contribution in [0.2, 0.25) is 0 Å². The quantitative estimate of drug-likeness (QED) is 0.192. The molecule has 2 heterocycles. The van der Waals surface area contributed by atoms with Crippen LogP contribution in [0.4, 0.5) is 24.5 Å². The third kappa shape index (κ3) is 7.57. The molecule has 0 radical (unpaired) electrons. The molecule has 0 spiro atoms. The molecular formula is C35H31F3N4O6. The first-order chi connectivity index (χ1) is 23.0. The molecule has 0 aliphatic carbocycles. The number of nitriles is 1. The Kier molecular flexibility index (Phi) is 10.3. The molecule has 2 unspecified atom stereocenters. The maximum absolute atomic E-state index is 15.3. The molecule has 13 heteroatoms. The molecule has 1 aliphatic rings. The fourth-order valence-corrected chi connectivity index (χ4v) is 5.08. The van der Waals surface area contributed by atoms with Gasteiger partial charge >= 0.3 is 5.97 Å². The number of benzene rings is 3. The predicted octanol–water partition coefficient (Wildman–Crippen LogP) is 5.80. The second-order valence-electron chi connectivity index (χ2n) is 11.2. The van der Waals surface area contributed by atoms with Gasteiger partial charge in [-0.3, -0.25) is 4.79 Å². The highest BCUT2D eigenvalue weighted by atomic mass is 19.1. The summed E-state index contributed by atoms with van der Waals surface area (Å²) >= 11 is 0. The molecule has 1 aromatic heterocycles. The Morgan fingerprint density at radius 1 is 1.00 bits per heavy atom. The van der Waals surface area contributed by atoms with Gasteiger partial charge in [-0.1, -0.05) is 12.1 Å². The van der Waals surface area contributed by atoms with E-state index in [9.17, 15) is 14.0 Å². The standard InChI is InChI=1S/C35H31F3N4O6/c1-35(46-3)19-47-18-31(35)40-30-13-21(34(44)45-2)9-10-29(30)41-32(43)14-23-12-27(38)24(15-26(23)37)28-5-4-6-33(42-28)48-17-22-8-7-20(16-39)11-25(22)36/h4-13,15,31,40H,14,17-19H2,1-3H3,(H,41,43). The van der Waals surface area contributed by atoms with Gasteiger partial charge in [-0.2, -0.15) is 5.26 Å². The van der Waals surface area contributed by atoms with Crippen molar-refractivity contribution in [1.29, 1.82) is 5.26 Å². The lowest BCUT2D eigenvalue weighted by molar-refractivity contribution is -0.115. The molecule has 2 N–H and O–H groups in total. The number of esters is 1. The summed E-state index contributed by atoms with van der Waals surface area (Å²) in [4.78, 5) is 29.5. The monoisotopic (exact) mass is 660 g/mol. The molecule has 1 amide bonds. The van der Waals surface area contributed by atoms with Crippen LogP contribution in [-0.2, 0) is 32.0 Å². The number of amides is 1. The van der Waals surface area contributed by atoms with Crippen molar-refractivity contribution in [3.63, 3.8) is 0 Å². The SMILES string of the molecule is COC(=O)c1ccc(NC(=O)Cc2cc(F)c(-c3cccc(OCc4ccc(C#N)cc4F)n3)cc2F)c(NC2COCC2(C)OC)c1. The largest absolute Gasteiger partial charge is 0.473 e. The van der Waals surface area contributed by atoms with E-state index in [1.165, 1.54) is 55.6 Å². The second kappa shape index (κ2) is 14.5. The van der Waals surface area contributed by atoms with Crippen LogP contribution in [0.3, 0.4) is 0 Å². The lowest BCUT2D eigenvalue weighted by Gasteiger charge is -2.30. The Hall–Kier alpha value is -5.45. The minimum atomic E-state index is -0.840. The third-order valence-electron chi connectivity index (χ3n) is 7.97. The highest BCUT2D eigenvalue weighted by Crippen LogP contribution is 2.31. The molecular weight excluding hydrogens is 629 g/mol. The van der Waals surface area contributed by atoms with Crippen molar-refractivity contribution in [2.24, 2.45) is 0 Å². The van der Waals surface area contributed by atoms with Crippen LogP contribution in [0, 0.1) is 28.8 Å². The van der Waals surface area contributed by atoms with E-state index in [1.54, 1.807) is 7.11 Å². The topological polar surface area (TPSA) is 132 Å². The average molecular weight is 661 g/mol. The van der Waals surface area contributed by atoms with E-state index in [1.807, 2.05) is 13.0 Å². The van der Waals surface area contributed by atoms with Gasteiger partial charge in [-0.25, -0.2) is 22.9 Å². The number of pyridine rings is 1. The van der Waals surface area contributed by atoms with Crippen LogP contribution in [0.1, 0.15) is 34.0 Å². The zero-order valence-corrected chi connectivity index (χ0v) is 26.2. The van der Waals surface area contributed by atoms with E-state index in [4.69, 9.17) is 24.2 Å². The van der Waals surface area contributed by atoms with Crippen molar-refractivity contribution in [1.82, 2.24) is 4.98 Å². The lowest BCUT2D eigenvalue weighted by atomic mass is 9.99. The second-order valence-corrected chi connectivity index (χ2v) is 11.2. The first-order valence-electron chi connectivity index (χ1n) is 14.7. The van der Waals surface area contributed by atoms with Crippen LogP contribution in [-0.4, -0.2) is 55.9 Å². The fraction of sp³-hybridized carbons (Fsp3) is 0.257. The van der Waals surface area contributed by atoms with Crippen molar-refractivity contribution in [2.75, 3.05) is 38.1 Å². The summed E-state index contributed by atoms with van der Waals surface area (Å²) in [6.07, 6.45) is -0.504. The average Bonchev–Trinajstić information content (AvgIpc) is 3.45. The summed E-state index contributed by atoms with van der Waals surface area (Å²) in [7, 11) is 2.80. The number of ether oxygens (including phenoxy) is 4. The van der Waals surface area contributed by atoms with Gasteiger partial charge in [0.05, 0.1) is 67.1 Å². The summed E-state index contributed by atoms with van der Waals surface area (Å²) in [5.74, 6) is -3.48. The van der Waals surface area contributed by atoms with Gasteiger partial charge < -0.3 is 29.6 Å². The van der Waals surface area contributed by atoms with Crippen molar-refractivity contribution >= 4 is 23.3 Å². The van der Waals surface area contributed by atoms with E-state index in [-0.39, 0.29) is 57.7 Å². The van der Waals surface area contributed by atoms with E-state index in [2.05, 4.69) is 15.6 Å². The fourth-order valence-electron chi connectivity index (χ4n) is 5.08. The van der Waals surface area contributed by atoms with Gasteiger partial charge in [-0.15, -0.1) is 0 Å². The number of rotatable bonds is 11. The van der Waals surface area contributed by atoms with E-state index in [0.29, 0.717) is 18.9 Å². The van der Waals surface area contributed by atoms with Gasteiger partial charge in [0.2, 0.25) is 11.8 Å². The highest BCUT2D eigenvalue weighted by Gasteiger charge is 2.40. The first-order valence-corrected chi connectivity index (χ1v) is 14.7. The molecule has 5 rings (SSSR count). The zero-order chi connectivity index (χ0) is 34.4. The highest BCUT2D eigenvalue weighted by molar-refractivity contribution is 5.98. The Morgan fingerprint density at radius 3 is 2.52 bits per heavy atom. The summed E-state index contributed by atoms with van der Waals surface area (Å²) in [5.41, 5.74) is 0.240. The molecule has 4 aromatic rings. The summed E-state index contributed by atoms with van der Waals surface area (Å²) in [5, 5.41) is 14.9. The van der Waals surface area contributed by atoms with Gasteiger partial charge in [0, 0.05) is 29.9 Å². The van der Waals surface area contributed by atoms with Crippen LogP contribution in [0.5, 0.6) is 5.88 Å². The Labute approximate surface area is 274 Å². The van der Waals surface area contributed by atoms with Crippen LogP contribution in [0.15, 0.2) is 66.7 Å². The van der Waals surface area contributed by atoms with Crippen LogP contribution in [0.25, 0.3) is 11.3 Å². The third-order valence-corrected chi connectivity index (χ3v) is 7.97. The van der Waals surface area contributed by atoms with Gasteiger partial charge in [0.1, 0.15) is 29.7 Å².